The number of carbonyl (C=O) groups is 1. The number of carbonyl (C=O) groups excluding carboxylic acids is 1. The lowest BCUT2D eigenvalue weighted by Gasteiger charge is -2.16. The maximum absolute atomic E-state index is 14.2. The van der Waals surface area contributed by atoms with Crippen molar-refractivity contribution in [3.8, 4) is 5.75 Å². The molecule has 0 spiro atoms. The van der Waals surface area contributed by atoms with E-state index < -0.39 is 12.0 Å². The van der Waals surface area contributed by atoms with Crippen molar-refractivity contribution in [3.63, 3.8) is 0 Å². The predicted molar refractivity (Wildman–Crippen MR) is 105 cm³/mol. The van der Waals surface area contributed by atoms with E-state index in [4.69, 9.17) is 27.2 Å². The third-order valence-corrected chi connectivity index (χ3v) is 4.60. The summed E-state index contributed by atoms with van der Waals surface area (Å²) in [5, 5.41) is 18.5. The second kappa shape index (κ2) is 9.50. The third kappa shape index (κ3) is 5.54. The van der Waals surface area contributed by atoms with Gasteiger partial charge in [-0.15, -0.1) is 0 Å². The zero-order chi connectivity index (χ0) is 19.3. The number of benzene rings is 2. The third-order valence-electron chi connectivity index (χ3n) is 3.71. The number of aliphatic hydroxyl groups is 2. The molecule has 0 aliphatic carbocycles. The van der Waals surface area contributed by atoms with E-state index in [0.29, 0.717) is 16.1 Å². The van der Waals surface area contributed by atoms with E-state index in [1.165, 1.54) is 12.1 Å². The number of aliphatic hydroxyl groups excluding tert-OH is 2. The number of rotatable bonds is 8. The van der Waals surface area contributed by atoms with Crippen molar-refractivity contribution >= 4 is 40.1 Å². The van der Waals surface area contributed by atoms with E-state index in [2.05, 4.69) is 0 Å². The first kappa shape index (κ1) is 20.9. The summed E-state index contributed by atoms with van der Waals surface area (Å²) >= 11 is 8.12. The summed E-state index contributed by atoms with van der Waals surface area (Å²) in [4.78, 5) is 12.0. The molecule has 1 atom stereocenters. The predicted octanol–water partition coefficient (Wildman–Crippen LogP) is 2.90. The Morgan fingerprint density at radius 2 is 2.04 bits per heavy atom. The molecular weight excluding hydrogens is 476 g/mol. The molecule has 2 aromatic carbocycles. The Balaban J connectivity index is 2.34. The highest BCUT2D eigenvalue weighted by Crippen LogP contribution is 2.30. The number of amides is 1. The first-order valence-corrected chi connectivity index (χ1v) is 9.25. The van der Waals surface area contributed by atoms with Crippen molar-refractivity contribution in [1.82, 2.24) is 0 Å². The maximum Gasteiger partial charge on any atom is 0.252 e. The van der Waals surface area contributed by atoms with Gasteiger partial charge in [0.05, 0.1) is 24.9 Å². The highest BCUT2D eigenvalue weighted by atomic mass is 127. The van der Waals surface area contributed by atoms with Gasteiger partial charge in [0, 0.05) is 21.4 Å². The van der Waals surface area contributed by atoms with Crippen molar-refractivity contribution in [2.24, 2.45) is 5.73 Å². The highest BCUT2D eigenvalue weighted by molar-refractivity contribution is 14.1. The molecule has 0 aromatic heterocycles. The topological polar surface area (TPSA) is 92.8 Å². The van der Waals surface area contributed by atoms with Crippen molar-refractivity contribution < 1.29 is 24.1 Å². The van der Waals surface area contributed by atoms with E-state index in [0.717, 1.165) is 3.57 Å². The first-order chi connectivity index (χ1) is 12.3. The lowest BCUT2D eigenvalue weighted by Crippen LogP contribution is -2.19. The number of primary amides is 1. The number of ether oxygens (including phenoxy) is 1. The second-order valence-electron chi connectivity index (χ2n) is 5.69. The molecule has 0 aliphatic rings. The van der Waals surface area contributed by atoms with Crippen LogP contribution < -0.4 is 10.5 Å². The Morgan fingerprint density at radius 3 is 2.65 bits per heavy atom. The Hall–Kier alpha value is -1.42. The molecular formula is C18H18ClFINO4. The van der Waals surface area contributed by atoms with Crippen LogP contribution in [0.25, 0.3) is 0 Å². The van der Waals surface area contributed by atoms with Gasteiger partial charge in [0.2, 0.25) is 0 Å². The smallest absolute Gasteiger partial charge is 0.252 e. The van der Waals surface area contributed by atoms with Crippen molar-refractivity contribution in [2.45, 2.75) is 18.9 Å². The maximum atomic E-state index is 14.2. The average molecular weight is 494 g/mol. The minimum absolute atomic E-state index is 0.0552. The fourth-order valence-electron chi connectivity index (χ4n) is 2.44. The Bertz CT molecular complexity index is 803. The molecule has 2 aromatic rings. The molecule has 2 rings (SSSR count). The van der Waals surface area contributed by atoms with Crippen LogP contribution in [0.2, 0.25) is 5.02 Å². The van der Waals surface area contributed by atoms with Crippen molar-refractivity contribution in [3.05, 3.63) is 61.4 Å². The summed E-state index contributed by atoms with van der Waals surface area (Å²) in [6.45, 7) is -0.335. The van der Waals surface area contributed by atoms with Crippen LogP contribution in [0.5, 0.6) is 5.75 Å². The van der Waals surface area contributed by atoms with Gasteiger partial charge in [-0.25, -0.2) is 4.39 Å². The molecule has 4 N–H and O–H groups in total. The largest absolute Gasteiger partial charge is 0.493 e. The molecule has 0 bridgehead atoms. The molecule has 0 aliphatic heterocycles. The number of halogens is 3. The normalized spacial score (nSPS) is 12.0. The van der Waals surface area contributed by atoms with Crippen LogP contribution >= 0.6 is 34.2 Å². The molecule has 0 fully saturated rings. The van der Waals surface area contributed by atoms with E-state index in [1.54, 1.807) is 18.2 Å². The Kier molecular flexibility index (Phi) is 7.63. The Labute approximate surface area is 169 Å². The number of hydrogen-bond donors (Lipinski definition) is 3. The van der Waals surface area contributed by atoms with Crippen LogP contribution in [0.4, 0.5) is 4.39 Å². The lowest BCUT2D eigenvalue weighted by atomic mass is 9.98. The summed E-state index contributed by atoms with van der Waals surface area (Å²) in [7, 11) is 0. The van der Waals surface area contributed by atoms with Crippen LogP contribution in [0.3, 0.4) is 0 Å². The molecule has 1 amide bonds. The SMILES string of the molecule is NC(=O)c1c(Cc2ccc(I)cc2F)cc(Cl)cc1OCC[C@@H](O)CO. The van der Waals surface area contributed by atoms with Gasteiger partial charge in [0.25, 0.3) is 5.91 Å². The minimum Gasteiger partial charge on any atom is -0.493 e. The van der Waals surface area contributed by atoms with Gasteiger partial charge in [-0.3, -0.25) is 4.79 Å². The summed E-state index contributed by atoms with van der Waals surface area (Å²) in [6, 6.07) is 7.80. The van der Waals surface area contributed by atoms with Gasteiger partial charge in [-0.2, -0.15) is 0 Å². The fourth-order valence-corrected chi connectivity index (χ4v) is 3.12. The summed E-state index contributed by atoms with van der Waals surface area (Å²) in [5.74, 6) is -0.947. The van der Waals surface area contributed by atoms with Crippen LogP contribution in [0.1, 0.15) is 27.9 Å². The van der Waals surface area contributed by atoms with E-state index in [9.17, 15) is 14.3 Å². The molecule has 140 valence electrons. The monoisotopic (exact) mass is 493 g/mol. The first-order valence-electron chi connectivity index (χ1n) is 7.79. The minimum atomic E-state index is -0.924. The van der Waals surface area contributed by atoms with Crippen molar-refractivity contribution in [2.75, 3.05) is 13.2 Å². The van der Waals surface area contributed by atoms with Gasteiger partial charge >= 0.3 is 0 Å². The summed E-state index contributed by atoms with van der Waals surface area (Å²) in [6.07, 6.45) is -0.633. The molecule has 0 unspecified atom stereocenters. The molecule has 26 heavy (non-hydrogen) atoms. The molecule has 8 heteroatoms. The molecule has 0 heterocycles. The summed E-state index contributed by atoms with van der Waals surface area (Å²) < 4.78 is 20.5. The van der Waals surface area contributed by atoms with Gasteiger partial charge in [-0.05, 0) is 58.0 Å². The van der Waals surface area contributed by atoms with Crippen molar-refractivity contribution in [1.29, 1.82) is 0 Å². The van der Waals surface area contributed by atoms with E-state index in [-0.39, 0.29) is 43.2 Å². The van der Waals surface area contributed by atoms with Gasteiger partial charge in [0.15, 0.2) is 0 Å². The van der Waals surface area contributed by atoms with Gasteiger partial charge in [0.1, 0.15) is 11.6 Å². The molecule has 0 radical (unpaired) electrons. The van der Waals surface area contributed by atoms with E-state index in [1.807, 2.05) is 22.6 Å². The fraction of sp³-hybridized carbons (Fsp3) is 0.278. The van der Waals surface area contributed by atoms with Crippen LogP contribution in [-0.4, -0.2) is 35.4 Å². The number of hydrogen-bond acceptors (Lipinski definition) is 4. The molecule has 0 saturated carbocycles. The molecule has 0 saturated heterocycles. The zero-order valence-electron chi connectivity index (χ0n) is 13.7. The zero-order valence-corrected chi connectivity index (χ0v) is 16.6. The van der Waals surface area contributed by atoms with Crippen LogP contribution in [0, 0.1) is 9.39 Å². The number of nitrogens with two attached hydrogens (primary N) is 1. The Morgan fingerprint density at radius 1 is 1.31 bits per heavy atom. The van der Waals surface area contributed by atoms with Gasteiger partial charge < -0.3 is 20.7 Å². The molecule has 5 nitrogen and oxygen atoms in total. The van der Waals surface area contributed by atoms with Gasteiger partial charge in [-0.1, -0.05) is 17.7 Å². The van der Waals surface area contributed by atoms with E-state index >= 15 is 0 Å². The lowest BCUT2D eigenvalue weighted by molar-refractivity contribution is 0.0751. The quantitative estimate of drug-likeness (QED) is 0.493. The highest BCUT2D eigenvalue weighted by Gasteiger charge is 2.19. The summed E-state index contributed by atoms with van der Waals surface area (Å²) in [5.41, 5.74) is 6.46. The second-order valence-corrected chi connectivity index (χ2v) is 7.37. The van der Waals surface area contributed by atoms with Crippen LogP contribution in [0.15, 0.2) is 30.3 Å². The average Bonchev–Trinajstić information content (AvgIpc) is 2.56. The van der Waals surface area contributed by atoms with Crippen LogP contribution in [-0.2, 0) is 6.42 Å². The standard InChI is InChI=1S/C18H18ClFINO4/c19-12-6-11(5-10-1-2-13(21)8-15(10)20)17(18(22)25)16(7-12)26-4-3-14(24)9-23/h1-2,6-8,14,23-24H,3-5,9H2,(H2,22,25)/t14-/m1/s1.